The summed E-state index contributed by atoms with van der Waals surface area (Å²) in [6, 6.07) is 16.3. The summed E-state index contributed by atoms with van der Waals surface area (Å²) in [6.07, 6.45) is 4.16. The topological polar surface area (TPSA) is 83.4 Å². The van der Waals surface area contributed by atoms with Crippen LogP contribution >= 0.6 is 23.8 Å². The molecule has 3 aromatic rings. The second-order valence-electron chi connectivity index (χ2n) is 7.32. The Hall–Kier alpha value is -3.42. The number of carbonyl (C=O) groups is 2. The molecule has 0 aliphatic carbocycles. The van der Waals surface area contributed by atoms with Crippen LogP contribution in [0.25, 0.3) is 17.4 Å². The van der Waals surface area contributed by atoms with Crippen LogP contribution in [-0.4, -0.2) is 16.9 Å². The Morgan fingerprint density at radius 3 is 2.39 bits per heavy atom. The Kier molecular flexibility index (Phi) is 8.40. The highest BCUT2D eigenvalue weighted by atomic mass is 35.5. The number of anilines is 2. The summed E-state index contributed by atoms with van der Waals surface area (Å²) in [7, 11) is 0. The number of halogens is 1. The Morgan fingerprint density at radius 2 is 1.73 bits per heavy atom. The van der Waals surface area contributed by atoms with Crippen molar-refractivity contribution >= 4 is 58.2 Å². The zero-order chi connectivity index (χ0) is 23.8. The first kappa shape index (κ1) is 24.2. The van der Waals surface area contributed by atoms with Crippen molar-refractivity contribution in [2.45, 2.75) is 26.7 Å². The number of aryl methyl sites for hydroxylation is 1. The van der Waals surface area contributed by atoms with Crippen molar-refractivity contribution in [2.24, 2.45) is 0 Å². The summed E-state index contributed by atoms with van der Waals surface area (Å²) >= 11 is 11.4. The average Bonchev–Trinajstić information content (AvgIpc) is 3.25. The lowest BCUT2D eigenvalue weighted by molar-refractivity contribution is -0.116. The molecule has 1 heterocycles. The lowest BCUT2D eigenvalue weighted by atomic mass is 10.1. The van der Waals surface area contributed by atoms with Crippen molar-refractivity contribution in [3.63, 3.8) is 0 Å². The van der Waals surface area contributed by atoms with E-state index in [2.05, 4.69) is 16.0 Å². The van der Waals surface area contributed by atoms with Crippen molar-refractivity contribution in [1.29, 1.82) is 0 Å². The van der Waals surface area contributed by atoms with Crippen LogP contribution in [0.4, 0.5) is 11.4 Å². The van der Waals surface area contributed by atoms with Gasteiger partial charge in [-0.05, 0) is 79.7 Å². The van der Waals surface area contributed by atoms with E-state index in [0.29, 0.717) is 34.3 Å². The van der Waals surface area contributed by atoms with Crippen molar-refractivity contribution in [2.75, 3.05) is 10.6 Å². The maximum atomic E-state index is 12.2. The van der Waals surface area contributed by atoms with Gasteiger partial charge in [0.15, 0.2) is 5.11 Å². The molecule has 2 aromatic carbocycles. The number of furan rings is 1. The zero-order valence-electron chi connectivity index (χ0n) is 18.3. The van der Waals surface area contributed by atoms with Crippen molar-refractivity contribution in [3.05, 3.63) is 77.0 Å². The molecular weight excluding hydrogens is 458 g/mol. The lowest BCUT2D eigenvalue weighted by Crippen LogP contribution is -2.32. The van der Waals surface area contributed by atoms with Gasteiger partial charge in [-0.3, -0.25) is 14.9 Å². The van der Waals surface area contributed by atoms with Crippen LogP contribution in [0.15, 0.2) is 65.1 Å². The molecule has 0 aliphatic rings. The fourth-order valence-corrected chi connectivity index (χ4v) is 3.30. The highest BCUT2D eigenvalue weighted by Gasteiger charge is 2.07. The number of amides is 2. The number of carbonyl (C=O) groups excluding carboxylic acids is 2. The van der Waals surface area contributed by atoms with Gasteiger partial charge in [-0.2, -0.15) is 0 Å². The summed E-state index contributed by atoms with van der Waals surface area (Å²) in [4.78, 5) is 23.8. The normalized spacial score (nSPS) is 10.8. The van der Waals surface area contributed by atoms with Gasteiger partial charge in [-0.25, -0.2) is 0 Å². The molecular formula is C25H24ClN3O3S. The highest BCUT2D eigenvalue weighted by molar-refractivity contribution is 7.80. The molecule has 0 spiro atoms. The minimum atomic E-state index is -0.396. The summed E-state index contributed by atoms with van der Waals surface area (Å²) in [6.45, 7) is 3.88. The lowest BCUT2D eigenvalue weighted by Gasteiger charge is -2.09. The van der Waals surface area contributed by atoms with E-state index in [1.807, 2.05) is 38.1 Å². The van der Waals surface area contributed by atoms with Gasteiger partial charge in [0.1, 0.15) is 11.5 Å². The molecule has 0 unspecified atom stereocenters. The molecule has 0 bridgehead atoms. The molecule has 0 saturated carbocycles. The number of hydrogen-bond donors (Lipinski definition) is 3. The Labute approximate surface area is 203 Å². The third-order valence-electron chi connectivity index (χ3n) is 4.62. The Morgan fingerprint density at radius 1 is 1.03 bits per heavy atom. The molecule has 2 amide bonds. The van der Waals surface area contributed by atoms with E-state index in [-0.39, 0.29) is 11.0 Å². The third-order valence-corrected chi connectivity index (χ3v) is 5.23. The van der Waals surface area contributed by atoms with Crippen LogP contribution in [-0.2, 0) is 9.59 Å². The van der Waals surface area contributed by atoms with E-state index in [1.165, 1.54) is 6.08 Å². The van der Waals surface area contributed by atoms with Gasteiger partial charge in [-0.15, -0.1) is 0 Å². The monoisotopic (exact) mass is 481 g/mol. The smallest absolute Gasteiger partial charge is 0.250 e. The predicted molar refractivity (Wildman–Crippen MR) is 137 cm³/mol. The molecule has 3 N–H and O–H groups in total. The quantitative estimate of drug-likeness (QED) is 0.277. The van der Waals surface area contributed by atoms with Crippen LogP contribution in [0, 0.1) is 6.92 Å². The number of rotatable bonds is 7. The summed E-state index contributed by atoms with van der Waals surface area (Å²) < 4.78 is 5.77. The Balaban J connectivity index is 1.51. The molecule has 0 fully saturated rings. The van der Waals surface area contributed by atoms with Crippen LogP contribution in [0.2, 0.25) is 5.02 Å². The van der Waals surface area contributed by atoms with Gasteiger partial charge in [0.2, 0.25) is 11.8 Å². The molecule has 0 saturated heterocycles. The van der Waals surface area contributed by atoms with Gasteiger partial charge in [-0.1, -0.05) is 30.7 Å². The molecule has 3 rings (SSSR count). The second-order valence-corrected chi connectivity index (χ2v) is 8.13. The average molecular weight is 482 g/mol. The van der Waals surface area contributed by atoms with Gasteiger partial charge < -0.3 is 15.1 Å². The largest absolute Gasteiger partial charge is 0.457 e. The minimum absolute atomic E-state index is 0.0286. The zero-order valence-corrected chi connectivity index (χ0v) is 19.8. The van der Waals surface area contributed by atoms with E-state index in [1.54, 1.807) is 36.4 Å². The Bertz CT molecular complexity index is 1190. The van der Waals surface area contributed by atoms with Crippen LogP contribution < -0.4 is 16.0 Å². The first-order valence-electron chi connectivity index (χ1n) is 10.4. The van der Waals surface area contributed by atoms with E-state index in [4.69, 9.17) is 28.2 Å². The fourth-order valence-electron chi connectivity index (χ4n) is 2.90. The maximum absolute atomic E-state index is 12.2. The summed E-state index contributed by atoms with van der Waals surface area (Å²) in [5, 5.41) is 9.14. The first-order valence-corrected chi connectivity index (χ1v) is 11.2. The van der Waals surface area contributed by atoms with Gasteiger partial charge in [0.05, 0.1) is 0 Å². The maximum Gasteiger partial charge on any atom is 0.250 e. The summed E-state index contributed by atoms with van der Waals surface area (Å²) in [5.41, 5.74) is 3.23. The van der Waals surface area contributed by atoms with Crippen molar-refractivity contribution in [1.82, 2.24) is 5.32 Å². The van der Waals surface area contributed by atoms with Gasteiger partial charge in [0, 0.05) is 34.5 Å². The SMILES string of the molecule is CCCC(=O)Nc1ccc(NC(=S)NC(=O)/C=C/c2ccc(-c3ccc(C)c(Cl)c3)o2)cc1. The molecule has 33 heavy (non-hydrogen) atoms. The van der Waals surface area contributed by atoms with E-state index >= 15 is 0 Å². The minimum Gasteiger partial charge on any atom is -0.457 e. The summed E-state index contributed by atoms with van der Waals surface area (Å²) in [5.74, 6) is 0.756. The fraction of sp³-hybridized carbons (Fsp3) is 0.160. The van der Waals surface area contributed by atoms with Crippen LogP contribution in [0.1, 0.15) is 31.1 Å². The standard InChI is InChI=1S/C25H24ClN3O3S/c1-3-4-23(30)27-18-7-9-19(10-8-18)28-25(33)29-24(31)14-12-20-11-13-22(32-20)17-6-5-16(2)21(26)15-17/h5-15H,3-4H2,1-2H3,(H,27,30)(H2,28,29,31,33)/b14-12+. The molecule has 0 atom stereocenters. The molecule has 170 valence electrons. The first-order chi connectivity index (χ1) is 15.8. The molecule has 0 aliphatic heterocycles. The van der Waals surface area contributed by atoms with Gasteiger partial charge in [0.25, 0.3) is 0 Å². The van der Waals surface area contributed by atoms with Crippen molar-refractivity contribution < 1.29 is 14.0 Å². The molecule has 8 heteroatoms. The van der Waals surface area contributed by atoms with E-state index in [9.17, 15) is 9.59 Å². The van der Waals surface area contributed by atoms with E-state index in [0.717, 1.165) is 17.5 Å². The number of thiocarbonyl (C=S) groups is 1. The molecule has 6 nitrogen and oxygen atoms in total. The third kappa shape index (κ3) is 7.30. The number of benzene rings is 2. The van der Waals surface area contributed by atoms with Gasteiger partial charge >= 0.3 is 0 Å². The van der Waals surface area contributed by atoms with Crippen molar-refractivity contribution in [3.8, 4) is 11.3 Å². The number of nitrogens with one attached hydrogen (secondary N) is 3. The molecule has 1 aromatic heterocycles. The predicted octanol–water partition coefficient (Wildman–Crippen LogP) is 6.17. The van der Waals surface area contributed by atoms with E-state index < -0.39 is 5.91 Å². The highest BCUT2D eigenvalue weighted by Crippen LogP contribution is 2.27. The molecule has 0 radical (unpaired) electrons. The van der Waals surface area contributed by atoms with Crippen LogP contribution in [0.3, 0.4) is 0 Å². The second kappa shape index (κ2) is 11.4. The van der Waals surface area contributed by atoms with Crippen LogP contribution in [0.5, 0.6) is 0 Å². The number of hydrogen-bond acceptors (Lipinski definition) is 4.